The molecule has 0 saturated carbocycles. The molecule has 0 bridgehead atoms. The van der Waals surface area contributed by atoms with Crippen molar-refractivity contribution in [2.45, 2.75) is 19.0 Å². The third-order valence-corrected chi connectivity index (χ3v) is 3.35. The number of aromatic amines is 1. The van der Waals surface area contributed by atoms with Crippen molar-refractivity contribution in [1.82, 2.24) is 20.3 Å². The maximum absolute atomic E-state index is 12.0. The average Bonchev–Trinajstić information content (AvgIpc) is 3.25. The summed E-state index contributed by atoms with van der Waals surface area (Å²) in [6.45, 7) is 0.270. The van der Waals surface area contributed by atoms with Gasteiger partial charge in [-0.25, -0.2) is 9.97 Å². The molecule has 134 valence electrons. The Kier molecular flexibility index (Phi) is 8.13. The van der Waals surface area contributed by atoms with E-state index in [9.17, 15) is 4.79 Å². The van der Waals surface area contributed by atoms with Gasteiger partial charge in [0, 0.05) is 23.9 Å². The molecule has 25 heavy (non-hydrogen) atoms. The van der Waals surface area contributed by atoms with Crippen LogP contribution in [0.4, 0.5) is 0 Å². The normalized spacial score (nSPS) is 11.1. The van der Waals surface area contributed by atoms with Gasteiger partial charge in [-0.3, -0.25) is 4.79 Å². The van der Waals surface area contributed by atoms with Gasteiger partial charge >= 0.3 is 0 Å². The standard InChI is InChI=1S/C16H17N5O2.2ClH/c17-14(6-12-7-18-10-20-12)15(22)19-8-13-9-23-16(21-13)11-4-2-1-3-5-11;;/h1-5,7,9-10,14H,6,8,17H2,(H,18,20)(H,19,22);2*1H/t14-;;/m0../s1. The average molecular weight is 384 g/mol. The first-order chi connectivity index (χ1) is 11.2. The summed E-state index contributed by atoms with van der Waals surface area (Å²) < 4.78 is 5.42. The maximum atomic E-state index is 12.0. The summed E-state index contributed by atoms with van der Waals surface area (Å²) in [6, 6.07) is 8.93. The number of hydrogen-bond donors (Lipinski definition) is 3. The Bertz CT molecular complexity index is 762. The predicted molar refractivity (Wildman–Crippen MR) is 98.5 cm³/mol. The number of rotatable bonds is 6. The number of nitrogens with one attached hydrogen (secondary N) is 2. The molecule has 0 unspecified atom stereocenters. The summed E-state index contributed by atoms with van der Waals surface area (Å²) in [5.41, 5.74) is 8.22. The zero-order valence-electron chi connectivity index (χ0n) is 13.2. The van der Waals surface area contributed by atoms with Crippen molar-refractivity contribution in [3.05, 3.63) is 60.5 Å². The van der Waals surface area contributed by atoms with Gasteiger partial charge < -0.3 is 20.5 Å². The summed E-state index contributed by atoms with van der Waals surface area (Å²) >= 11 is 0. The van der Waals surface area contributed by atoms with Gasteiger partial charge in [-0.1, -0.05) is 18.2 Å². The summed E-state index contributed by atoms with van der Waals surface area (Å²) in [5.74, 6) is 0.278. The smallest absolute Gasteiger partial charge is 0.237 e. The van der Waals surface area contributed by atoms with Crippen molar-refractivity contribution in [3.8, 4) is 11.5 Å². The molecule has 1 atom stereocenters. The number of benzene rings is 1. The number of aromatic nitrogens is 3. The number of carbonyl (C=O) groups is 1. The van der Waals surface area contributed by atoms with Gasteiger partial charge in [-0.15, -0.1) is 24.8 Å². The van der Waals surface area contributed by atoms with Crippen LogP contribution < -0.4 is 11.1 Å². The molecule has 3 aromatic rings. The lowest BCUT2D eigenvalue weighted by Gasteiger charge is -2.10. The Labute approximate surface area is 157 Å². The number of oxazole rings is 1. The van der Waals surface area contributed by atoms with Crippen LogP contribution >= 0.6 is 24.8 Å². The van der Waals surface area contributed by atoms with E-state index in [1.165, 1.54) is 6.26 Å². The Morgan fingerprint density at radius 2 is 2.04 bits per heavy atom. The molecular formula is C16H19Cl2N5O2. The quantitative estimate of drug-likeness (QED) is 0.603. The van der Waals surface area contributed by atoms with Crippen molar-refractivity contribution in [3.63, 3.8) is 0 Å². The largest absolute Gasteiger partial charge is 0.444 e. The van der Waals surface area contributed by atoms with Crippen LogP contribution in [-0.2, 0) is 17.8 Å². The second kappa shape index (κ2) is 9.83. The van der Waals surface area contributed by atoms with Crippen LogP contribution in [0.1, 0.15) is 11.4 Å². The number of hydrogen-bond acceptors (Lipinski definition) is 5. The first-order valence-corrected chi connectivity index (χ1v) is 7.23. The lowest BCUT2D eigenvalue weighted by molar-refractivity contribution is -0.122. The lowest BCUT2D eigenvalue weighted by Crippen LogP contribution is -2.41. The van der Waals surface area contributed by atoms with Crippen molar-refractivity contribution in [2.75, 3.05) is 0 Å². The van der Waals surface area contributed by atoms with E-state index in [1.54, 1.807) is 12.5 Å². The Balaban J connectivity index is 0.00000156. The van der Waals surface area contributed by atoms with Crippen LogP contribution in [0.2, 0.25) is 0 Å². The zero-order valence-corrected chi connectivity index (χ0v) is 14.8. The molecule has 1 aromatic carbocycles. The van der Waals surface area contributed by atoms with Crippen molar-refractivity contribution >= 4 is 30.7 Å². The molecule has 1 amide bonds. The van der Waals surface area contributed by atoms with Gasteiger partial charge in [0.25, 0.3) is 0 Å². The van der Waals surface area contributed by atoms with Crippen molar-refractivity contribution in [2.24, 2.45) is 5.73 Å². The van der Waals surface area contributed by atoms with Crippen LogP contribution in [0.15, 0.2) is 53.5 Å². The van der Waals surface area contributed by atoms with Gasteiger partial charge in [0.1, 0.15) is 6.26 Å². The Hall–Kier alpha value is -2.35. The minimum Gasteiger partial charge on any atom is -0.444 e. The highest BCUT2D eigenvalue weighted by Crippen LogP contribution is 2.17. The van der Waals surface area contributed by atoms with E-state index >= 15 is 0 Å². The molecule has 2 aromatic heterocycles. The molecule has 0 aliphatic carbocycles. The highest BCUT2D eigenvalue weighted by Gasteiger charge is 2.15. The van der Waals surface area contributed by atoms with Crippen molar-refractivity contribution in [1.29, 1.82) is 0 Å². The lowest BCUT2D eigenvalue weighted by atomic mass is 10.1. The number of nitrogens with two attached hydrogens (primary N) is 1. The van der Waals surface area contributed by atoms with Crippen LogP contribution in [-0.4, -0.2) is 26.9 Å². The van der Waals surface area contributed by atoms with Gasteiger partial charge in [0.15, 0.2) is 0 Å². The Morgan fingerprint density at radius 1 is 1.28 bits per heavy atom. The third kappa shape index (κ3) is 5.60. The van der Waals surface area contributed by atoms with Crippen LogP contribution in [0, 0.1) is 0 Å². The number of halogens is 2. The first-order valence-electron chi connectivity index (χ1n) is 7.23. The third-order valence-electron chi connectivity index (χ3n) is 3.35. The molecule has 0 radical (unpaired) electrons. The summed E-state index contributed by atoms with van der Waals surface area (Å²) in [6.07, 6.45) is 5.14. The zero-order chi connectivity index (χ0) is 16.1. The summed E-state index contributed by atoms with van der Waals surface area (Å²) in [4.78, 5) is 23.2. The van der Waals surface area contributed by atoms with E-state index in [2.05, 4.69) is 20.3 Å². The number of amides is 1. The van der Waals surface area contributed by atoms with Crippen LogP contribution in [0.25, 0.3) is 11.5 Å². The fourth-order valence-corrected chi connectivity index (χ4v) is 2.14. The highest BCUT2D eigenvalue weighted by atomic mass is 35.5. The van der Waals surface area contributed by atoms with Gasteiger partial charge in [0.05, 0.1) is 24.6 Å². The predicted octanol–water partition coefficient (Wildman–Crippen LogP) is 2.09. The maximum Gasteiger partial charge on any atom is 0.237 e. The summed E-state index contributed by atoms with van der Waals surface area (Å²) in [7, 11) is 0. The highest BCUT2D eigenvalue weighted by molar-refractivity contribution is 5.85. The fraction of sp³-hybridized carbons (Fsp3) is 0.188. The number of imidazole rings is 1. The molecule has 7 nitrogen and oxygen atoms in total. The molecule has 3 rings (SSSR count). The molecule has 0 aliphatic rings. The van der Waals surface area contributed by atoms with E-state index in [-0.39, 0.29) is 37.3 Å². The SMILES string of the molecule is Cl.Cl.N[C@@H](Cc1cnc[nH]1)C(=O)NCc1coc(-c2ccccc2)n1. The van der Waals surface area contributed by atoms with Crippen LogP contribution in [0.5, 0.6) is 0 Å². The van der Waals surface area contributed by atoms with Crippen LogP contribution in [0.3, 0.4) is 0 Å². The van der Waals surface area contributed by atoms with Gasteiger partial charge in [-0.05, 0) is 12.1 Å². The molecule has 0 spiro atoms. The minimum absolute atomic E-state index is 0. The molecule has 4 N–H and O–H groups in total. The Morgan fingerprint density at radius 3 is 2.72 bits per heavy atom. The molecular weight excluding hydrogens is 365 g/mol. The first kappa shape index (κ1) is 20.7. The van der Waals surface area contributed by atoms with Gasteiger partial charge in [0.2, 0.25) is 11.8 Å². The number of H-pyrrole nitrogens is 1. The second-order valence-corrected chi connectivity index (χ2v) is 5.12. The number of carbonyl (C=O) groups excluding carboxylic acids is 1. The monoisotopic (exact) mass is 383 g/mol. The molecule has 0 saturated heterocycles. The van der Waals surface area contributed by atoms with E-state index in [0.717, 1.165) is 11.3 Å². The van der Waals surface area contributed by atoms with Crippen molar-refractivity contribution < 1.29 is 9.21 Å². The fourth-order valence-electron chi connectivity index (χ4n) is 2.14. The molecule has 0 fully saturated rings. The molecule has 9 heteroatoms. The summed E-state index contributed by atoms with van der Waals surface area (Å²) in [5, 5.41) is 2.76. The van der Waals surface area contributed by atoms with E-state index in [1.807, 2.05) is 30.3 Å². The van der Waals surface area contributed by atoms with E-state index < -0.39 is 6.04 Å². The molecule has 2 heterocycles. The number of nitrogens with zero attached hydrogens (tertiary/aromatic N) is 2. The van der Waals surface area contributed by atoms with Gasteiger partial charge in [-0.2, -0.15) is 0 Å². The van der Waals surface area contributed by atoms with E-state index in [4.69, 9.17) is 10.2 Å². The topological polar surface area (TPSA) is 110 Å². The minimum atomic E-state index is -0.643. The second-order valence-electron chi connectivity index (χ2n) is 5.12. The van der Waals surface area contributed by atoms with E-state index in [0.29, 0.717) is 18.0 Å². The molecule has 0 aliphatic heterocycles.